The van der Waals surface area contributed by atoms with Crippen LogP contribution < -0.4 is 11.1 Å². The van der Waals surface area contributed by atoms with Gasteiger partial charge in [0.15, 0.2) is 0 Å². The lowest BCUT2D eigenvalue weighted by Gasteiger charge is -2.09. The number of nitrogens with zero attached hydrogens (tertiary/aromatic N) is 4. The molecule has 0 saturated heterocycles. The van der Waals surface area contributed by atoms with E-state index in [0.717, 1.165) is 0 Å². The lowest BCUT2D eigenvalue weighted by molar-refractivity contribution is -0.137. The summed E-state index contributed by atoms with van der Waals surface area (Å²) in [7, 11) is 1.70. The molecule has 9 heteroatoms. The van der Waals surface area contributed by atoms with Crippen molar-refractivity contribution in [3.05, 3.63) is 24.2 Å². The average Bonchev–Trinajstić information content (AvgIpc) is 2.62. The Morgan fingerprint density at radius 3 is 2.56 bits per heavy atom. The molecule has 0 atom stereocenters. The Labute approximate surface area is 99.7 Å². The Kier molecular flexibility index (Phi) is 2.81. The van der Waals surface area contributed by atoms with Crippen LogP contribution in [0.4, 0.5) is 30.6 Å². The van der Waals surface area contributed by atoms with Crippen molar-refractivity contribution < 1.29 is 13.2 Å². The van der Waals surface area contributed by atoms with Crippen LogP contribution in [0.15, 0.2) is 18.6 Å². The lowest BCUT2D eigenvalue weighted by atomic mass is 10.3. The number of hydrogen-bond donors (Lipinski definition) is 2. The quantitative estimate of drug-likeness (QED) is 0.854. The topological polar surface area (TPSA) is 81.7 Å². The Bertz CT molecular complexity index is 562. The first-order valence-corrected chi connectivity index (χ1v) is 4.81. The maximum Gasteiger partial charge on any atom is 0.421 e. The van der Waals surface area contributed by atoms with Gasteiger partial charge in [-0.15, -0.1) is 0 Å². The molecule has 0 amide bonds. The molecule has 0 radical (unpaired) electrons. The molecule has 0 aliphatic heterocycles. The fourth-order valence-corrected chi connectivity index (χ4v) is 1.29. The predicted molar refractivity (Wildman–Crippen MR) is 57.9 cm³/mol. The minimum absolute atomic E-state index is 0.0199. The van der Waals surface area contributed by atoms with Crippen LogP contribution in [-0.4, -0.2) is 19.7 Å². The second kappa shape index (κ2) is 4.17. The third-order valence-corrected chi connectivity index (χ3v) is 2.08. The largest absolute Gasteiger partial charge is 0.421 e. The Balaban J connectivity index is 2.24. The van der Waals surface area contributed by atoms with E-state index in [1.807, 2.05) is 0 Å². The fourth-order valence-electron chi connectivity index (χ4n) is 1.29. The minimum atomic E-state index is -4.56. The zero-order chi connectivity index (χ0) is 13.3. The molecule has 6 nitrogen and oxygen atoms in total. The SMILES string of the molecule is Cn1cc(Nc2ncc(C(F)(F)F)c(N)n2)cn1. The molecule has 2 aromatic rings. The monoisotopic (exact) mass is 258 g/mol. The van der Waals surface area contributed by atoms with Gasteiger partial charge in [-0.05, 0) is 0 Å². The number of anilines is 3. The van der Waals surface area contributed by atoms with Crippen LogP contribution in [0.5, 0.6) is 0 Å². The van der Waals surface area contributed by atoms with E-state index in [4.69, 9.17) is 5.73 Å². The zero-order valence-corrected chi connectivity index (χ0v) is 9.23. The Morgan fingerprint density at radius 1 is 1.33 bits per heavy atom. The molecular formula is C9H9F3N6. The smallest absolute Gasteiger partial charge is 0.383 e. The molecule has 18 heavy (non-hydrogen) atoms. The number of halogens is 3. The van der Waals surface area contributed by atoms with Crippen LogP contribution in [0.2, 0.25) is 0 Å². The zero-order valence-electron chi connectivity index (χ0n) is 9.23. The first kappa shape index (κ1) is 12.1. The molecule has 96 valence electrons. The van der Waals surface area contributed by atoms with Crippen molar-refractivity contribution in [1.82, 2.24) is 19.7 Å². The summed E-state index contributed by atoms with van der Waals surface area (Å²) in [4.78, 5) is 7.09. The number of aryl methyl sites for hydroxylation is 1. The van der Waals surface area contributed by atoms with Gasteiger partial charge < -0.3 is 11.1 Å². The molecule has 0 aliphatic rings. The summed E-state index contributed by atoms with van der Waals surface area (Å²) >= 11 is 0. The normalized spacial score (nSPS) is 11.6. The van der Waals surface area contributed by atoms with Crippen molar-refractivity contribution in [3.63, 3.8) is 0 Å². The van der Waals surface area contributed by atoms with Crippen LogP contribution in [0.1, 0.15) is 5.56 Å². The van der Waals surface area contributed by atoms with Crippen LogP contribution in [0.3, 0.4) is 0 Å². The first-order valence-electron chi connectivity index (χ1n) is 4.81. The number of alkyl halides is 3. The average molecular weight is 258 g/mol. The number of nitrogens with one attached hydrogen (secondary N) is 1. The van der Waals surface area contributed by atoms with E-state index >= 15 is 0 Å². The van der Waals surface area contributed by atoms with Crippen LogP contribution in [0.25, 0.3) is 0 Å². The van der Waals surface area contributed by atoms with E-state index in [1.54, 1.807) is 13.2 Å². The van der Waals surface area contributed by atoms with E-state index in [0.29, 0.717) is 11.9 Å². The van der Waals surface area contributed by atoms with Crippen molar-refractivity contribution >= 4 is 17.5 Å². The highest BCUT2D eigenvalue weighted by Crippen LogP contribution is 2.32. The number of nitrogen functional groups attached to an aromatic ring is 1. The van der Waals surface area contributed by atoms with E-state index in [2.05, 4.69) is 20.4 Å². The molecule has 0 spiro atoms. The van der Waals surface area contributed by atoms with Gasteiger partial charge >= 0.3 is 6.18 Å². The van der Waals surface area contributed by atoms with Gasteiger partial charge in [-0.1, -0.05) is 0 Å². The first-order chi connectivity index (χ1) is 8.36. The third-order valence-electron chi connectivity index (χ3n) is 2.08. The number of aromatic nitrogens is 4. The van der Waals surface area contributed by atoms with Gasteiger partial charge in [-0.2, -0.15) is 23.3 Å². The van der Waals surface area contributed by atoms with Crippen molar-refractivity contribution in [2.75, 3.05) is 11.1 Å². The van der Waals surface area contributed by atoms with Gasteiger partial charge in [0.2, 0.25) is 5.95 Å². The van der Waals surface area contributed by atoms with Gasteiger partial charge in [0.05, 0.1) is 11.9 Å². The molecule has 0 aromatic carbocycles. The number of hydrogen-bond acceptors (Lipinski definition) is 5. The van der Waals surface area contributed by atoms with E-state index in [9.17, 15) is 13.2 Å². The predicted octanol–water partition coefficient (Wildman–Crippen LogP) is 1.55. The van der Waals surface area contributed by atoms with Crippen molar-refractivity contribution in [2.45, 2.75) is 6.18 Å². The second-order valence-electron chi connectivity index (χ2n) is 3.52. The Hall–Kier alpha value is -2.32. The standard InChI is InChI=1S/C9H9F3N6/c1-18-4-5(2-15-18)16-8-14-3-6(7(13)17-8)9(10,11)12/h2-4H,1H3,(H3,13,14,16,17). The second-order valence-corrected chi connectivity index (χ2v) is 3.52. The summed E-state index contributed by atoms with van der Waals surface area (Å²) in [5.41, 5.74) is 4.73. The van der Waals surface area contributed by atoms with Crippen LogP contribution in [0, 0.1) is 0 Å². The molecule has 0 aliphatic carbocycles. The number of rotatable bonds is 2. The maximum absolute atomic E-state index is 12.4. The molecule has 2 rings (SSSR count). The van der Waals surface area contributed by atoms with Gasteiger partial charge in [-0.3, -0.25) is 4.68 Å². The summed E-state index contributed by atoms with van der Waals surface area (Å²) in [6, 6.07) is 0. The molecular weight excluding hydrogens is 249 g/mol. The number of nitrogens with two attached hydrogens (primary N) is 1. The molecule has 0 unspecified atom stereocenters. The molecule has 3 N–H and O–H groups in total. The van der Waals surface area contributed by atoms with Crippen LogP contribution in [-0.2, 0) is 13.2 Å². The summed E-state index contributed by atoms with van der Waals surface area (Å²) in [6.45, 7) is 0. The minimum Gasteiger partial charge on any atom is -0.383 e. The van der Waals surface area contributed by atoms with Crippen LogP contribution >= 0.6 is 0 Å². The molecule has 0 fully saturated rings. The van der Waals surface area contributed by atoms with Crippen molar-refractivity contribution in [2.24, 2.45) is 7.05 Å². The van der Waals surface area contributed by atoms with Crippen molar-refractivity contribution in [1.29, 1.82) is 0 Å². The van der Waals surface area contributed by atoms with Gasteiger partial charge in [0.25, 0.3) is 0 Å². The van der Waals surface area contributed by atoms with E-state index < -0.39 is 17.6 Å². The highest BCUT2D eigenvalue weighted by molar-refractivity contribution is 5.53. The van der Waals surface area contributed by atoms with Gasteiger partial charge in [-0.25, -0.2) is 4.98 Å². The lowest BCUT2D eigenvalue weighted by Crippen LogP contribution is -2.12. The third kappa shape index (κ3) is 2.50. The van der Waals surface area contributed by atoms with Gasteiger partial charge in [0, 0.05) is 19.4 Å². The summed E-state index contributed by atoms with van der Waals surface area (Å²) in [6.07, 6.45) is -0.813. The fraction of sp³-hybridized carbons (Fsp3) is 0.222. The summed E-state index contributed by atoms with van der Waals surface area (Å²) in [5, 5.41) is 6.57. The van der Waals surface area contributed by atoms with E-state index in [1.165, 1.54) is 10.9 Å². The molecule has 2 aromatic heterocycles. The molecule has 2 heterocycles. The summed E-state index contributed by atoms with van der Waals surface area (Å²) in [5.74, 6) is -0.641. The highest BCUT2D eigenvalue weighted by Gasteiger charge is 2.34. The molecule has 0 saturated carbocycles. The van der Waals surface area contributed by atoms with Gasteiger partial charge in [0.1, 0.15) is 11.4 Å². The Morgan fingerprint density at radius 2 is 2.06 bits per heavy atom. The maximum atomic E-state index is 12.4. The summed E-state index contributed by atoms with van der Waals surface area (Å²) < 4.78 is 38.8. The molecule has 0 bridgehead atoms. The highest BCUT2D eigenvalue weighted by atomic mass is 19.4. The van der Waals surface area contributed by atoms with Crippen molar-refractivity contribution in [3.8, 4) is 0 Å². The van der Waals surface area contributed by atoms with E-state index in [-0.39, 0.29) is 5.95 Å².